The Hall–Kier alpha value is -0.610. The van der Waals surface area contributed by atoms with E-state index >= 15 is 0 Å². The second-order valence-electron chi connectivity index (χ2n) is 6.52. The Morgan fingerprint density at radius 3 is 2.50 bits per heavy atom. The van der Waals surface area contributed by atoms with Gasteiger partial charge in [-0.15, -0.1) is 0 Å². The number of rotatable bonds is 1. The average molecular weight is 254 g/mol. The molecule has 2 saturated carbocycles. The zero-order valence-corrected chi connectivity index (χ0v) is 11.5. The molecule has 2 aliphatic carbocycles. The molecule has 0 aromatic rings. The highest BCUT2D eigenvalue weighted by molar-refractivity contribution is 5.73. The standard InChI is InChI=1S/C14H23NO2.H3N/c16-12(17)14-4-2-1-3-11(14)9-13(10-14)5-7-15-8-6-13;/h11,15H,1-10H2,(H,16,17);1H3. The summed E-state index contributed by atoms with van der Waals surface area (Å²) >= 11 is 0. The van der Waals surface area contributed by atoms with E-state index in [-0.39, 0.29) is 6.15 Å². The van der Waals surface area contributed by atoms with E-state index in [1.807, 2.05) is 0 Å². The van der Waals surface area contributed by atoms with Crippen molar-refractivity contribution in [3.05, 3.63) is 0 Å². The van der Waals surface area contributed by atoms with Crippen molar-refractivity contribution in [3.63, 3.8) is 0 Å². The lowest BCUT2D eigenvalue weighted by Crippen LogP contribution is -2.47. The molecule has 4 nitrogen and oxygen atoms in total. The lowest BCUT2D eigenvalue weighted by atomic mass is 9.67. The van der Waals surface area contributed by atoms with Crippen LogP contribution in [0.2, 0.25) is 0 Å². The number of carboxylic acids is 1. The highest BCUT2D eigenvalue weighted by atomic mass is 16.4. The van der Waals surface area contributed by atoms with Gasteiger partial charge in [-0.3, -0.25) is 0 Å². The Bertz CT molecular complexity index is 326. The van der Waals surface area contributed by atoms with Crippen LogP contribution in [0, 0.1) is 16.7 Å². The van der Waals surface area contributed by atoms with Crippen molar-refractivity contribution in [2.75, 3.05) is 13.1 Å². The monoisotopic (exact) mass is 254 g/mol. The number of hydrogen-bond donors (Lipinski definition) is 2. The van der Waals surface area contributed by atoms with Crippen molar-refractivity contribution in [1.82, 2.24) is 11.5 Å². The number of fused-ring (bicyclic) bond motifs is 1. The van der Waals surface area contributed by atoms with Crippen molar-refractivity contribution in [1.29, 1.82) is 0 Å². The van der Waals surface area contributed by atoms with Crippen LogP contribution in [0.1, 0.15) is 51.4 Å². The minimum absolute atomic E-state index is 0. The fraction of sp³-hybridized carbons (Fsp3) is 0.929. The fourth-order valence-electron chi connectivity index (χ4n) is 4.78. The molecule has 0 radical (unpaired) electrons. The molecule has 3 fully saturated rings. The third-order valence-corrected chi connectivity index (χ3v) is 5.65. The van der Waals surface area contributed by atoms with Gasteiger partial charge in [0.05, 0.1) is 0 Å². The van der Waals surface area contributed by atoms with E-state index in [1.54, 1.807) is 0 Å². The summed E-state index contributed by atoms with van der Waals surface area (Å²) in [6, 6.07) is 0. The van der Waals surface area contributed by atoms with Crippen LogP contribution in [0.15, 0.2) is 0 Å². The van der Waals surface area contributed by atoms with Crippen molar-refractivity contribution in [3.8, 4) is 0 Å². The largest absolute Gasteiger partial charge is 0.550 e. The molecule has 4 heteroatoms. The number of aliphatic carboxylic acids is 1. The molecule has 1 saturated heterocycles. The quantitative estimate of drug-likeness (QED) is 0.742. The molecule has 2 atom stereocenters. The van der Waals surface area contributed by atoms with Crippen LogP contribution in [-0.4, -0.2) is 19.1 Å². The second-order valence-corrected chi connectivity index (χ2v) is 6.52. The molecule has 3 aliphatic rings. The summed E-state index contributed by atoms with van der Waals surface area (Å²) in [6.45, 7) is 2.13. The number of carbonyl (C=O) groups excluding carboxylic acids is 1. The number of carboxylic acid groups (broad SMARTS) is 1. The zero-order chi connectivity index (χ0) is 11.9. The van der Waals surface area contributed by atoms with Crippen LogP contribution in [0.5, 0.6) is 0 Å². The van der Waals surface area contributed by atoms with Crippen molar-refractivity contribution in [2.45, 2.75) is 51.4 Å². The van der Waals surface area contributed by atoms with Crippen LogP contribution in [0.3, 0.4) is 0 Å². The first-order valence-corrected chi connectivity index (χ1v) is 7.09. The summed E-state index contributed by atoms with van der Waals surface area (Å²) in [5.41, 5.74) is -0.143. The van der Waals surface area contributed by atoms with Crippen molar-refractivity contribution >= 4 is 5.97 Å². The highest BCUT2D eigenvalue weighted by Gasteiger charge is 2.55. The van der Waals surface area contributed by atoms with Gasteiger partial charge in [-0.1, -0.05) is 12.8 Å². The van der Waals surface area contributed by atoms with Gasteiger partial charge >= 0.3 is 0 Å². The Morgan fingerprint density at radius 2 is 1.89 bits per heavy atom. The van der Waals surface area contributed by atoms with E-state index in [2.05, 4.69) is 5.32 Å². The normalized spacial score (nSPS) is 37.9. The Kier molecular flexibility index (Phi) is 3.70. The topological polar surface area (TPSA) is 88.7 Å². The fourth-order valence-corrected chi connectivity index (χ4v) is 4.78. The first kappa shape index (κ1) is 13.8. The lowest BCUT2D eigenvalue weighted by molar-refractivity contribution is -0.323. The maximum absolute atomic E-state index is 11.7. The predicted octanol–water partition coefficient (Wildman–Crippen LogP) is 1.45. The molecule has 1 heterocycles. The molecule has 3 rings (SSSR count). The second kappa shape index (κ2) is 4.82. The molecule has 0 aromatic heterocycles. The van der Waals surface area contributed by atoms with Gasteiger partial charge in [0, 0.05) is 11.4 Å². The van der Waals surface area contributed by atoms with E-state index < -0.39 is 11.4 Å². The Balaban J connectivity index is 0.00000120. The summed E-state index contributed by atoms with van der Waals surface area (Å²) in [4.78, 5) is 11.7. The summed E-state index contributed by atoms with van der Waals surface area (Å²) in [5, 5.41) is 15.1. The first-order chi connectivity index (χ1) is 8.17. The van der Waals surface area contributed by atoms with Gasteiger partial charge in [-0.25, -0.2) is 0 Å². The van der Waals surface area contributed by atoms with Crippen molar-refractivity contribution < 1.29 is 9.90 Å². The van der Waals surface area contributed by atoms with E-state index in [0.29, 0.717) is 11.3 Å². The van der Waals surface area contributed by atoms with Gasteiger partial charge in [-0.2, -0.15) is 0 Å². The number of hydrogen-bond acceptors (Lipinski definition) is 3. The van der Waals surface area contributed by atoms with E-state index in [0.717, 1.165) is 45.2 Å². The molecule has 0 aromatic carbocycles. The smallest absolute Gasteiger partial charge is 0.0479 e. The first-order valence-electron chi connectivity index (χ1n) is 7.09. The van der Waals surface area contributed by atoms with E-state index in [1.165, 1.54) is 19.3 Å². The molecule has 2 unspecified atom stereocenters. The van der Waals surface area contributed by atoms with Gasteiger partial charge < -0.3 is 21.4 Å². The highest BCUT2D eigenvalue weighted by Crippen LogP contribution is 2.61. The van der Waals surface area contributed by atoms with Crippen LogP contribution in [0.25, 0.3) is 0 Å². The van der Waals surface area contributed by atoms with Crippen LogP contribution in [-0.2, 0) is 4.79 Å². The lowest BCUT2D eigenvalue weighted by Gasteiger charge is -2.41. The van der Waals surface area contributed by atoms with E-state index in [4.69, 9.17) is 0 Å². The average Bonchev–Trinajstić information content (AvgIpc) is 2.64. The predicted molar refractivity (Wildman–Crippen MR) is 69.2 cm³/mol. The molecule has 104 valence electrons. The molecule has 0 bridgehead atoms. The third-order valence-electron chi connectivity index (χ3n) is 5.65. The molecule has 5 N–H and O–H groups in total. The molecule has 18 heavy (non-hydrogen) atoms. The molecule has 0 amide bonds. The Labute approximate surface area is 109 Å². The summed E-state index contributed by atoms with van der Waals surface area (Å²) in [7, 11) is 0. The van der Waals surface area contributed by atoms with Gasteiger partial charge in [0.1, 0.15) is 0 Å². The molecular formula is C14H26N2O2. The number of carbonyl (C=O) groups is 1. The Morgan fingerprint density at radius 1 is 1.17 bits per heavy atom. The SMILES string of the molecule is O=C([O-])C12CCCCC1CC1(CCNCC1)C2.[NH4+]. The molecule has 1 spiro atoms. The summed E-state index contributed by atoms with van der Waals surface area (Å²) in [5.74, 6) is -0.350. The summed E-state index contributed by atoms with van der Waals surface area (Å²) < 4.78 is 0. The van der Waals surface area contributed by atoms with Crippen molar-refractivity contribution in [2.24, 2.45) is 16.7 Å². The molecular weight excluding hydrogens is 228 g/mol. The van der Waals surface area contributed by atoms with Gasteiger partial charge in [-0.05, 0) is 62.9 Å². The third kappa shape index (κ3) is 1.95. The maximum Gasteiger partial charge on any atom is 0.0479 e. The number of piperidine rings is 1. The van der Waals surface area contributed by atoms with Gasteiger partial charge in [0.15, 0.2) is 0 Å². The number of nitrogens with one attached hydrogen (secondary N) is 1. The minimum Gasteiger partial charge on any atom is -0.550 e. The maximum atomic E-state index is 11.7. The van der Waals surface area contributed by atoms with Crippen LogP contribution in [0.4, 0.5) is 0 Å². The minimum atomic E-state index is -0.752. The number of quaternary nitrogens is 1. The summed E-state index contributed by atoms with van der Waals surface area (Å²) in [6.07, 6.45) is 8.65. The molecule has 1 aliphatic heterocycles. The van der Waals surface area contributed by atoms with Gasteiger partial charge in [0.25, 0.3) is 0 Å². The van der Waals surface area contributed by atoms with Gasteiger partial charge in [0.2, 0.25) is 0 Å². The van der Waals surface area contributed by atoms with E-state index in [9.17, 15) is 9.90 Å². The zero-order valence-electron chi connectivity index (χ0n) is 11.5. The van der Waals surface area contributed by atoms with Crippen LogP contribution < -0.4 is 16.6 Å². The van der Waals surface area contributed by atoms with Crippen LogP contribution >= 0.6 is 0 Å².